The highest BCUT2D eigenvalue weighted by molar-refractivity contribution is 6.34. The van der Waals surface area contributed by atoms with Crippen LogP contribution in [0.15, 0.2) is 12.1 Å². The van der Waals surface area contributed by atoms with Crippen LogP contribution in [-0.2, 0) is 10.2 Å². The van der Waals surface area contributed by atoms with Crippen LogP contribution >= 0.6 is 11.6 Å². The number of benzene rings is 1. The molecule has 1 fully saturated rings. The van der Waals surface area contributed by atoms with E-state index in [1.807, 2.05) is 37.8 Å². The van der Waals surface area contributed by atoms with Gasteiger partial charge in [-0.25, -0.2) is 9.97 Å². The number of rotatable bonds is 1. The van der Waals surface area contributed by atoms with Crippen LogP contribution in [0.3, 0.4) is 0 Å². The summed E-state index contributed by atoms with van der Waals surface area (Å²) >= 11 is 6.26. The summed E-state index contributed by atoms with van der Waals surface area (Å²) in [6.45, 7) is 5.79. The van der Waals surface area contributed by atoms with Crippen LogP contribution in [0.25, 0.3) is 10.9 Å². The molecule has 0 atom stereocenters. The van der Waals surface area contributed by atoms with Crippen LogP contribution in [0.4, 0.5) is 5.69 Å². The predicted octanol–water partition coefficient (Wildman–Crippen LogP) is 3.38. The van der Waals surface area contributed by atoms with Gasteiger partial charge in [0.1, 0.15) is 11.0 Å². The fraction of sp³-hybridized carbons (Fsp3) is 0.438. The summed E-state index contributed by atoms with van der Waals surface area (Å²) in [6, 6.07) is 4.34. The number of carbonyl (C=O) groups is 1. The van der Waals surface area contributed by atoms with Gasteiger partial charge in [-0.05, 0) is 51.3 Å². The Balaban J connectivity index is 2.04. The largest absolute Gasteiger partial charge is 0.308 e. The molecule has 2 aliphatic rings. The van der Waals surface area contributed by atoms with E-state index in [1.54, 1.807) is 0 Å². The highest BCUT2D eigenvalue weighted by Gasteiger charge is 2.49. The first kappa shape index (κ1) is 13.0. The molecule has 4 nitrogen and oxygen atoms in total. The number of amides is 1. The lowest BCUT2D eigenvalue weighted by Crippen LogP contribution is -2.37. The summed E-state index contributed by atoms with van der Waals surface area (Å²) in [4.78, 5) is 23.4. The summed E-state index contributed by atoms with van der Waals surface area (Å²) in [5, 5.41) is 1.27. The van der Waals surface area contributed by atoms with Crippen molar-refractivity contribution >= 4 is 34.1 Å². The summed E-state index contributed by atoms with van der Waals surface area (Å²) in [5.74, 6) is 0.824. The highest BCUT2D eigenvalue weighted by Crippen LogP contribution is 2.48. The van der Waals surface area contributed by atoms with Crippen molar-refractivity contribution in [3.05, 3.63) is 28.7 Å². The van der Waals surface area contributed by atoms with E-state index >= 15 is 0 Å². The van der Waals surface area contributed by atoms with Gasteiger partial charge >= 0.3 is 0 Å². The van der Waals surface area contributed by atoms with Crippen molar-refractivity contribution in [3.8, 4) is 0 Å². The Morgan fingerprint density at radius 3 is 2.67 bits per heavy atom. The number of halogens is 1. The van der Waals surface area contributed by atoms with Crippen molar-refractivity contribution in [1.29, 1.82) is 0 Å². The summed E-state index contributed by atoms with van der Waals surface area (Å²) in [6.07, 6.45) is 2.16. The standard InChI is InChI=1S/C16H16ClN3O/c1-8-18-12-7-11-13(6-10(12)14(17)19-8)20(9-4-5-9)15(21)16(11,2)3/h6-7,9H,4-5H2,1-3H3. The topological polar surface area (TPSA) is 46.1 Å². The van der Waals surface area contributed by atoms with Crippen molar-refractivity contribution in [3.63, 3.8) is 0 Å². The zero-order chi connectivity index (χ0) is 14.9. The van der Waals surface area contributed by atoms with Gasteiger partial charge in [0, 0.05) is 17.1 Å². The molecule has 0 radical (unpaired) electrons. The molecule has 1 amide bonds. The van der Waals surface area contributed by atoms with Crippen LogP contribution in [0.2, 0.25) is 5.15 Å². The summed E-state index contributed by atoms with van der Waals surface area (Å²) < 4.78 is 0. The molecule has 21 heavy (non-hydrogen) atoms. The molecule has 0 unspecified atom stereocenters. The maximum Gasteiger partial charge on any atom is 0.237 e. The van der Waals surface area contributed by atoms with E-state index in [2.05, 4.69) is 9.97 Å². The number of nitrogens with zero attached hydrogens (tertiary/aromatic N) is 3. The molecule has 1 aromatic heterocycles. The van der Waals surface area contributed by atoms with Crippen LogP contribution in [0.1, 0.15) is 38.1 Å². The molecule has 108 valence electrons. The number of aryl methyl sites for hydroxylation is 1. The van der Waals surface area contributed by atoms with E-state index < -0.39 is 5.41 Å². The van der Waals surface area contributed by atoms with Gasteiger partial charge in [0.15, 0.2) is 0 Å². The van der Waals surface area contributed by atoms with Gasteiger partial charge in [-0.3, -0.25) is 4.79 Å². The Bertz CT molecular complexity index is 796. The minimum Gasteiger partial charge on any atom is -0.308 e. The number of hydrogen-bond acceptors (Lipinski definition) is 3. The molecule has 0 bridgehead atoms. The number of anilines is 1. The Kier molecular flexibility index (Phi) is 2.45. The van der Waals surface area contributed by atoms with E-state index in [0.29, 0.717) is 17.0 Å². The third kappa shape index (κ3) is 1.72. The number of aromatic nitrogens is 2. The highest BCUT2D eigenvalue weighted by atomic mass is 35.5. The lowest BCUT2D eigenvalue weighted by Gasteiger charge is -2.19. The smallest absolute Gasteiger partial charge is 0.237 e. The molecule has 0 saturated heterocycles. The average molecular weight is 302 g/mol. The van der Waals surface area contributed by atoms with Gasteiger partial charge in [0.25, 0.3) is 0 Å². The van der Waals surface area contributed by atoms with Gasteiger partial charge < -0.3 is 4.90 Å². The second-order valence-corrected chi connectivity index (χ2v) is 6.84. The molecule has 0 N–H and O–H groups in total. The first-order valence-corrected chi connectivity index (χ1v) is 7.59. The van der Waals surface area contributed by atoms with Gasteiger partial charge in [-0.2, -0.15) is 0 Å². The first-order valence-electron chi connectivity index (χ1n) is 7.21. The number of fused-ring (bicyclic) bond motifs is 2. The van der Waals surface area contributed by atoms with Crippen molar-refractivity contribution in [2.45, 2.75) is 45.1 Å². The lowest BCUT2D eigenvalue weighted by atomic mass is 9.86. The van der Waals surface area contributed by atoms with Crippen molar-refractivity contribution < 1.29 is 4.79 Å². The molecule has 1 aliphatic carbocycles. The molecule has 4 rings (SSSR count). The zero-order valence-corrected chi connectivity index (χ0v) is 13.0. The second-order valence-electron chi connectivity index (χ2n) is 6.48. The predicted molar refractivity (Wildman–Crippen MR) is 82.8 cm³/mol. The molecule has 2 aromatic rings. The molecule has 5 heteroatoms. The average Bonchev–Trinajstić information content (AvgIpc) is 3.20. The monoisotopic (exact) mass is 301 g/mol. The van der Waals surface area contributed by atoms with Crippen LogP contribution in [-0.4, -0.2) is 21.9 Å². The quantitative estimate of drug-likeness (QED) is 0.759. The minimum atomic E-state index is -0.503. The molecule has 0 spiro atoms. The fourth-order valence-electron chi connectivity index (χ4n) is 3.16. The molecule has 1 saturated carbocycles. The van der Waals surface area contributed by atoms with Crippen molar-refractivity contribution in [2.24, 2.45) is 0 Å². The van der Waals surface area contributed by atoms with Crippen LogP contribution in [0, 0.1) is 6.92 Å². The normalized spacial score (nSPS) is 20.2. The second kappa shape index (κ2) is 3.95. The van der Waals surface area contributed by atoms with E-state index in [1.165, 1.54) is 0 Å². The van der Waals surface area contributed by atoms with Crippen molar-refractivity contribution in [1.82, 2.24) is 9.97 Å². The maximum atomic E-state index is 12.8. The van der Waals surface area contributed by atoms with E-state index in [-0.39, 0.29) is 5.91 Å². The van der Waals surface area contributed by atoms with E-state index in [0.717, 1.165) is 35.0 Å². The molecule has 2 heterocycles. The molecule has 1 aliphatic heterocycles. The van der Waals surface area contributed by atoms with Gasteiger partial charge in [0.05, 0.1) is 10.9 Å². The molecule has 1 aromatic carbocycles. The van der Waals surface area contributed by atoms with E-state index in [9.17, 15) is 4.79 Å². The SMILES string of the molecule is Cc1nc(Cl)c2cc3c(cc2n1)C(C)(C)C(=O)N3C1CC1. The fourth-order valence-corrected chi connectivity index (χ4v) is 3.43. The third-order valence-electron chi connectivity index (χ3n) is 4.48. The summed E-state index contributed by atoms with van der Waals surface area (Å²) in [7, 11) is 0. The summed E-state index contributed by atoms with van der Waals surface area (Å²) in [5.41, 5.74) is 2.33. The Morgan fingerprint density at radius 1 is 1.29 bits per heavy atom. The maximum absolute atomic E-state index is 12.8. The van der Waals surface area contributed by atoms with Gasteiger partial charge in [-0.1, -0.05) is 11.6 Å². The van der Waals surface area contributed by atoms with Crippen LogP contribution in [0.5, 0.6) is 0 Å². The third-order valence-corrected chi connectivity index (χ3v) is 4.76. The van der Waals surface area contributed by atoms with Gasteiger partial charge in [-0.15, -0.1) is 0 Å². The Labute approximate surface area is 128 Å². The number of carbonyl (C=O) groups excluding carboxylic acids is 1. The Morgan fingerprint density at radius 2 is 2.00 bits per heavy atom. The van der Waals surface area contributed by atoms with E-state index in [4.69, 9.17) is 11.6 Å². The zero-order valence-electron chi connectivity index (χ0n) is 12.3. The molecular weight excluding hydrogens is 286 g/mol. The first-order chi connectivity index (χ1) is 9.89. The van der Waals surface area contributed by atoms with Crippen molar-refractivity contribution in [2.75, 3.05) is 4.90 Å². The Hall–Kier alpha value is -1.68. The van der Waals surface area contributed by atoms with Gasteiger partial charge in [0.2, 0.25) is 5.91 Å². The number of hydrogen-bond donors (Lipinski definition) is 0. The molecular formula is C16H16ClN3O. The van der Waals surface area contributed by atoms with Crippen LogP contribution < -0.4 is 4.90 Å². The lowest BCUT2D eigenvalue weighted by molar-refractivity contribution is -0.122. The minimum absolute atomic E-state index is 0.177.